The first-order valence-corrected chi connectivity index (χ1v) is 8.33. The van der Waals surface area contributed by atoms with Gasteiger partial charge in [-0.05, 0) is 37.1 Å². The fraction of sp³-hybridized carbons (Fsp3) is 0.467. The second kappa shape index (κ2) is 6.60. The highest BCUT2D eigenvalue weighted by molar-refractivity contribution is 7.98. The Kier molecular flexibility index (Phi) is 4.57. The van der Waals surface area contributed by atoms with E-state index in [9.17, 15) is 0 Å². The molecule has 1 aromatic carbocycles. The van der Waals surface area contributed by atoms with Crippen molar-refractivity contribution in [2.75, 3.05) is 26.0 Å². The maximum absolute atomic E-state index is 5.53. The Morgan fingerprint density at radius 2 is 2.10 bits per heavy atom. The van der Waals surface area contributed by atoms with Crippen LogP contribution in [0.2, 0.25) is 0 Å². The van der Waals surface area contributed by atoms with Gasteiger partial charge in [-0.15, -0.1) is 11.8 Å². The van der Waals surface area contributed by atoms with E-state index < -0.39 is 0 Å². The predicted octanol–water partition coefficient (Wildman–Crippen LogP) is 2.55. The molecule has 5 nitrogen and oxygen atoms in total. The van der Waals surface area contributed by atoms with E-state index in [1.165, 1.54) is 4.90 Å². The van der Waals surface area contributed by atoms with Crippen LogP contribution in [0.4, 0.5) is 0 Å². The van der Waals surface area contributed by atoms with Crippen molar-refractivity contribution in [3.05, 3.63) is 30.2 Å². The second-order valence-electron chi connectivity index (χ2n) is 4.99. The first kappa shape index (κ1) is 14.6. The number of thioether (sulfide) groups is 1. The molecule has 1 aliphatic rings. The van der Waals surface area contributed by atoms with Crippen molar-refractivity contribution in [2.45, 2.75) is 23.8 Å². The third kappa shape index (κ3) is 3.12. The molecule has 0 saturated carbocycles. The highest BCUT2D eigenvalue weighted by atomic mass is 32.2. The zero-order valence-corrected chi connectivity index (χ0v) is 13.0. The number of likely N-dealkylation sites (N-methyl/N-ethyl adjacent to an activating group) is 1. The minimum atomic E-state index is 0.136. The fourth-order valence-corrected chi connectivity index (χ4v) is 2.91. The Morgan fingerprint density at radius 1 is 1.29 bits per heavy atom. The van der Waals surface area contributed by atoms with Crippen molar-refractivity contribution in [1.29, 1.82) is 0 Å². The molecule has 0 radical (unpaired) electrons. The molecule has 0 bridgehead atoms. The topological polar surface area (TPSA) is 60.2 Å². The van der Waals surface area contributed by atoms with Crippen molar-refractivity contribution in [1.82, 2.24) is 15.5 Å². The Hall–Kier alpha value is -1.37. The van der Waals surface area contributed by atoms with E-state index in [1.54, 1.807) is 11.8 Å². The summed E-state index contributed by atoms with van der Waals surface area (Å²) in [5, 5.41) is 7.51. The average Bonchev–Trinajstić information content (AvgIpc) is 3.16. The molecule has 0 spiro atoms. The standard InChI is InChI=1S/C15H19N3O2S/c1-3-16-13-9-19-8-12(13)15-17-14(18-20-15)10-4-6-11(21-2)7-5-10/h4-7,12-13,16H,3,8-9H2,1-2H3. The highest BCUT2D eigenvalue weighted by Gasteiger charge is 2.33. The number of rotatable bonds is 5. The van der Waals surface area contributed by atoms with Crippen LogP contribution in [-0.4, -0.2) is 42.2 Å². The fourth-order valence-electron chi connectivity index (χ4n) is 2.50. The largest absolute Gasteiger partial charge is 0.379 e. The molecule has 0 amide bonds. The predicted molar refractivity (Wildman–Crippen MR) is 82.5 cm³/mol. The number of hydrogen-bond acceptors (Lipinski definition) is 6. The Labute approximate surface area is 128 Å². The van der Waals surface area contributed by atoms with Crippen LogP contribution in [0.5, 0.6) is 0 Å². The Morgan fingerprint density at radius 3 is 2.81 bits per heavy atom. The summed E-state index contributed by atoms with van der Waals surface area (Å²) >= 11 is 1.72. The molecule has 1 fully saturated rings. The summed E-state index contributed by atoms with van der Waals surface area (Å²) < 4.78 is 11.0. The first-order valence-electron chi connectivity index (χ1n) is 7.11. The minimum Gasteiger partial charge on any atom is -0.379 e. The van der Waals surface area contributed by atoms with Gasteiger partial charge >= 0.3 is 0 Å². The first-order chi connectivity index (χ1) is 10.3. The van der Waals surface area contributed by atoms with E-state index in [0.29, 0.717) is 24.9 Å². The zero-order chi connectivity index (χ0) is 14.7. The monoisotopic (exact) mass is 305 g/mol. The maximum atomic E-state index is 5.53. The lowest BCUT2D eigenvalue weighted by molar-refractivity contribution is 0.185. The molecule has 2 heterocycles. The van der Waals surface area contributed by atoms with Crippen LogP contribution in [0, 0.1) is 0 Å². The van der Waals surface area contributed by atoms with E-state index in [2.05, 4.69) is 40.8 Å². The summed E-state index contributed by atoms with van der Waals surface area (Å²) in [7, 11) is 0. The SMILES string of the molecule is CCNC1COCC1c1nc(-c2ccc(SC)cc2)no1. The summed E-state index contributed by atoms with van der Waals surface area (Å²) in [4.78, 5) is 5.77. The molecule has 0 aliphatic carbocycles. The lowest BCUT2D eigenvalue weighted by Gasteiger charge is -2.13. The number of ether oxygens (including phenoxy) is 1. The highest BCUT2D eigenvalue weighted by Crippen LogP contribution is 2.27. The molecule has 2 unspecified atom stereocenters. The van der Waals surface area contributed by atoms with E-state index in [4.69, 9.17) is 9.26 Å². The van der Waals surface area contributed by atoms with Crippen molar-refractivity contribution in [3.63, 3.8) is 0 Å². The second-order valence-corrected chi connectivity index (χ2v) is 5.87. The molecule has 2 aromatic rings. The smallest absolute Gasteiger partial charge is 0.234 e. The van der Waals surface area contributed by atoms with Gasteiger partial charge < -0.3 is 14.6 Å². The molecule has 21 heavy (non-hydrogen) atoms. The molecular formula is C15H19N3O2S. The number of hydrogen-bond donors (Lipinski definition) is 1. The van der Waals surface area contributed by atoms with E-state index >= 15 is 0 Å². The molecule has 1 saturated heterocycles. The van der Waals surface area contributed by atoms with Crippen LogP contribution in [0.3, 0.4) is 0 Å². The summed E-state index contributed by atoms with van der Waals surface area (Å²) in [5.74, 6) is 1.43. The zero-order valence-electron chi connectivity index (χ0n) is 12.2. The van der Waals surface area contributed by atoms with Crippen molar-refractivity contribution >= 4 is 11.8 Å². The molecule has 3 rings (SSSR count). The van der Waals surface area contributed by atoms with Crippen LogP contribution < -0.4 is 5.32 Å². The molecule has 6 heteroatoms. The van der Waals surface area contributed by atoms with Gasteiger partial charge in [0, 0.05) is 16.5 Å². The summed E-state index contributed by atoms with van der Waals surface area (Å²) in [6.07, 6.45) is 2.06. The van der Waals surface area contributed by atoms with Gasteiger partial charge in [0.1, 0.15) is 0 Å². The molecule has 1 aromatic heterocycles. The molecule has 112 valence electrons. The van der Waals surface area contributed by atoms with Crippen molar-refractivity contribution in [2.24, 2.45) is 0 Å². The van der Waals surface area contributed by atoms with Gasteiger partial charge in [0.15, 0.2) is 0 Å². The normalized spacial score (nSPS) is 21.8. The van der Waals surface area contributed by atoms with Gasteiger partial charge in [-0.25, -0.2) is 0 Å². The lowest BCUT2D eigenvalue weighted by atomic mass is 10.0. The third-order valence-electron chi connectivity index (χ3n) is 3.65. The molecule has 1 N–H and O–H groups in total. The van der Waals surface area contributed by atoms with Crippen LogP contribution in [-0.2, 0) is 4.74 Å². The van der Waals surface area contributed by atoms with Gasteiger partial charge in [-0.2, -0.15) is 4.98 Å². The summed E-state index contributed by atoms with van der Waals surface area (Å²) in [5.41, 5.74) is 0.974. The number of benzene rings is 1. The van der Waals surface area contributed by atoms with Gasteiger partial charge in [0.2, 0.25) is 11.7 Å². The van der Waals surface area contributed by atoms with Gasteiger partial charge in [0.05, 0.1) is 19.1 Å². The molecule has 2 atom stereocenters. The lowest BCUT2D eigenvalue weighted by Crippen LogP contribution is -2.34. The van der Waals surface area contributed by atoms with Crippen LogP contribution in [0.25, 0.3) is 11.4 Å². The quantitative estimate of drug-likeness (QED) is 0.857. The van der Waals surface area contributed by atoms with Gasteiger partial charge in [0.25, 0.3) is 0 Å². The van der Waals surface area contributed by atoms with Crippen LogP contribution in [0.15, 0.2) is 33.7 Å². The third-order valence-corrected chi connectivity index (χ3v) is 4.40. The maximum Gasteiger partial charge on any atom is 0.234 e. The van der Waals surface area contributed by atoms with Crippen molar-refractivity contribution < 1.29 is 9.26 Å². The van der Waals surface area contributed by atoms with E-state index in [-0.39, 0.29) is 12.0 Å². The van der Waals surface area contributed by atoms with Gasteiger partial charge in [-0.3, -0.25) is 0 Å². The number of nitrogens with one attached hydrogen (secondary N) is 1. The number of aromatic nitrogens is 2. The van der Waals surface area contributed by atoms with E-state index in [0.717, 1.165) is 12.1 Å². The summed E-state index contributed by atoms with van der Waals surface area (Å²) in [6.45, 7) is 4.31. The summed E-state index contributed by atoms with van der Waals surface area (Å²) in [6, 6.07) is 8.43. The van der Waals surface area contributed by atoms with Crippen molar-refractivity contribution in [3.8, 4) is 11.4 Å². The van der Waals surface area contributed by atoms with E-state index in [1.807, 2.05) is 12.1 Å². The average molecular weight is 305 g/mol. The van der Waals surface area contributed by atoms with Gasteiger partial charge in [-0.1, -0.05) is 12.1 Å². The number of nitrogens with zero attached hydrogens (tertiary/aromatic N) is 2. The Bertz CT molecular complexity index is 585. The molecular weight excluding hydrogens is 286 g/mol. The molecule has 1 aliphatic heterocycles. The van der Waals surface area contributed by atoms with Crippen LogP contribution in [0.1, 0.15) is 18.7 Å². The van der Waals surface area contributed by atoms with Crippen LogP contribution >= 0.6 is 11.8 Å². The Balaban J connectivity index is 1.79. The minimum absolute atomic E-state index is 0.136.